The Kier molecular flexibility index (Phi) is 5.34. The van der Waals surface area contributed by atoms with Crippen LogP contribution in [0.25, 0.3) is 10.6 Å². The zero-order valence-electron chi connectivity index (χ0n) is 15.5. The van der Waals surface area contributed by atoms with Gasteiger partial charge in [-0.2, -0.15) is 0 Å². The van der Waals surface area contributed by atoms with Crippen LogP contribution in [-0.4, -0.2) is 41.2 Å². The van der Waals surface area contributed by atoms with E-state index in [9.17, 15) is 9.18 Å². The second kappa shape index (κ2) is 8.06. The third kappa shape index (κ3) is 3.75. The van der Waals surface area contributed by atoms with Crippen LogP contribution in [0.3, 0.4) is 0 Å². The predicted molar refractivity (Wildman–Crippen MR) is 106 cm³/mol. The summed E-state index contributed by atoms with van der Waals surface area (Å²) in [5, 5.41) is 10.4. The summed E-state index contributed by atoms with van der Waals surface area (Å²) >= 11 is 1.54. The van der Waals surface area contributed by atoms with Crippen molar-refractivity contribution in [1.82, 2.24) is 15.1 Å². The van der Waals surface area contributed by atoms with Gasteiger partial charge >= 0.3 is 0 Å². The van der Waals surface area contributed by atoms with Gasteiger partial charge in [-0.25, -0.2) is 4.39 Å². The van der Waals surface area contributed by atoms with Gasteiger partial charge in [0.15, 0.2) is 0 Å². The second-order valence-corrected chi connectivity index (χ2v) is 7.75. The average Bonchev–Trinajstić information content (AvgIpc) is 3.24. The molecule has 1 aromatic heterocycles. The SMILES string of the molecule is COc1ccc(-c2nnc(C3CCCN(C(=O)c4ccccc4F)C3)s2)cc1. The van der Waals surface area contributed by atoms with E-state index in [1.54, 1.807) is 35.5 Å². The number of hydrogen-bond acceptors (Lipinski definition) is 5. The number of methoxy groups -OCH3 is 1. The minimum absolute atomic E-state index is 0.119. The Labute approximate surface area is 166 Å². The lowest BCUT2D eigenvalue weighted by Crippen LogP contribution is -2.39. The van der Waals surface area contributed by atoms with Crippen LogP contribution in [0.5, 0.6) is 5.75 Å². The van der Waals surface area contributed by atoms with Gasteiger partial charge < -0.3 is 9.64 Å². The fraction of sp³-hybridized carbons (Fsp3) is 0.286. The molecule has 0 aliphatic carbocycles. The minimum atomic E-state index is -0.479. The summed E-state index contributed by atoms with van der Waals surface area (Å²) in [5.74, 6) is 0.173. The number of ether oxygens (including phenoxy) is 1. The molecule has 144 valence electrons. The van der Waals surface area contributed by atoms with Crippen molar-refractivity contribution < 1.29 is 13.9 Å². The monoisotopic (exact) mass is 397 g/mol. The van der Waals surface area contributed by atoms with Crippen molar-refractivity contribution >= 4 is 17.2 Å². The van der Waals surface area contributed by atoms with E-state index in [0.29, 0.717) is 13.1 Å². The highest BCUT2D eigenvalue weighted by Gasteiger charge is 2.29. The number of carbonyl (C=O) groups excluding carboxylic acids is 1. The molecule has 3 aromatic rings. The number of nitrogens with zero attached hydrogens (tertiary/aromatic N) is 3. The van der Waals surface area contributed by atoms with Gasteiger partial charge in [-0.3, -0.25) is 4.79 Å². The summed E-state index contributed by atoms with van der Waals surface area (Å²) in [6, 6.07) is 13.8. The molecule has 7 heteroatoms. The van der Waals surface area contributed by atoms with Gasteiger partial charge in [-0.05, 0) is 49.2 Å². The lowest BCUT2D eigenvalue weighted by Gasteiger charge is -2.31. The molecule has 2 aromatic carbocycles. The normalized spacial score (nSPS) is 16.8. The van der Waals surface area contributed by atoms with Crippen molar-refractivity contribution in [1.29, 1.82) is 0 Å². The molecular formula is C21H20FN3O2S. The largest absolute Gasteiger partial charge is 0.497 e. The Bertz CT molecular complexity index is 974. The Morgan fingerprint density at radius 1 is 1.18 bits per heavy atom. The third-order valence-corrected chi connectivity index (χ3v) is 6.07. The summed E-state index contributed by atoms with van der Waals surface area (Å²) in [7, 11) is 1.63. The number of piperidine rings is 1. The highest BCUT2D eigenvalue weighted by atomic mass is 32.1. The van der Waals surface area contributed by atoms with Gasteiger partial charge in [0.05, 0.1) is 12.7 Å². The molecular weight excluding hydrogens is 377 g/mol. The van der Waals surface area contributed by atoms with Gasteiger partial charge in [0.2, 0.25) is 0 Å². The van der Waals surface area contributed by atoms with Crippen LogP contribution in [0.2, 0.25) is 0 Å². The fourth-order valence-electron chi connectivity index (χ4n) is 3.42. The molecule has 1 aliphatic rings. The molecule has 0 N–H and O–H groups in total. The van der Waals surface area contributed by atoms with Gasteiger partial charge in [0, 0.05) is 24.6 Å². The first-order valence-electron chi connectivity index (χ1n) is 9.17. The molecule has 4 rings (SSSR count). The topological polar surface area (TPSA) is 55.3 Å². The van der Waals surface area contributed by atoms with Crippen LogP contribution in [0.15, 0.2) is 48.5 Å². The minimum Gasteiger partial charge on any atom is -0.497 e. The van der Waals surface area contributed by atoms with E-state index in [0.717, 1.165) is 34.2 Å². The van der Waals surface area contributed by atoms with Crippen molar-refractivity contribution in [2.24, 2.45) is 0 Å². The maximum Gasteiger partial charge on any atom is 0.256 e. The van der Waals surface area contributed by atoms with Crippen molar-refractivity contribution in [2.75, 3.05) is 20.2 Å². The zero-order valence-corrected chi connectivity index (χ0v) is 16.3. The summed E-state index contributed by atoms with van der Waals surface area (Å²) in [6.45, 7) is 1.16. The number of hydrogen-bond donors (Lipinski definition) is 0. The van der Waals surface area contributed by atoms with Crippen LogP contribution >= 0.6 is 11.3 Å². The van der Waals surface area contributed by atoms with Crippen LogP contribution in [0.4, 0.5) is 4.39 Å². The van der Waals surface area contributed by atoms with Crippen LogP contribution in [0, 0.1) is 5.82 Å². The highest BCUT2D eigenvalue weighted by Crippen LogP contribution is 2.33. The molecule has 1 fully saturated rings. The fourth-order valence-corrected chi connectivity index (χ4v) is 4.39. The van der Waals surface area contributed by atoms with Crippen molar-refractivity contribution in [3.8, 4) is 16.3 Å². The Hall–Kier alpha value is -2.80. The first kappa shape index (κ1) is 18.6. The number of carbonyl (C=O) groups is 1. The standard InChI is InChI=1S/C21H20FN3O2S/c1-27-16-10-8-14(9-11-16)19-23-24-20(28-19)15-5-4-12-25(13-15)21(26)17-6-2-3-7-18(17)22/h2-3,6-11,15H,4-5,12-13H2,1H3. The number of likely N-dealkylation sites (tertiary alicyclic amines) is 1. The predicted octanol–water partition coefficient (Wildman–Crippen LogP) is 4.37. The summed E-state index contributed by atoms with van der Waals surface area (Å²) in [5.41, 5.74) is 1.11. The summed E-state index contributed by atoms with van der Waals surface area (Å²) < 4.78 is 19.2. The molecule has 0 bridgehead atoms. The number of aromatic nitrogens is 2. The summed E-state index contributed by atoms with van der Waals surface area (Å²) in [6.07, 6.45) is 1.81. The number of amides is 1. The van der Waals surface area contributed by atoms with E-state index < -0.39 is 5.82 Å². The second-order valence-electron chi connectivity index (χ2n) is 6.74. The van der Waals surface area contributed by atoms with Crippen molar-refractivity contribution in [3.05, 3.63) is 64.9 Å². The number of rotatable bonds is 4. The zero-order chi connectivity index (χ0) is 19.5. The maximum atomic E-state index is 14.0. The molecule has 1 aliphatic heterocycles. The molecule has 28 heavy (non-hydrogen) atoms. The van der Waals surface area contributed by atoms with Gasteiger partial charge in [-0.15, -0.1) is 10.2 Å². The van der Waals surface area contributed by atoms with Crippen LogP contribution in [0.1, 0.15) is 34.1 Å². The molecule has 0 saturated carbocycles. The molecule has 0 spiro atoms. The Balaban J connectivity index is 1.50. The molecule has 1 unspecified atom stereocenters. The highest BCUT2D eigenvalue weighted by molar-refractivity contribution is 7.14. The number of benzene rings is 2. The van der Waals surface area contributed by atoms with Crippen molar-refractivity contribution in [3.63, 3.8) is 0 Å². The first-order valence-corrected chi connectivity index (χ1v) is 9.99. The van der Waals surface area contributed by atoms with Gasteiger partial charge in [-0.1, -0.05) is 23.5 Å². The molecule has 2 heterocycles. The van der Waals surface area contributed by atoms with Crippen LogP contribution < -0.4 is 4.74 Å². The molecule has 0 radical (unpaired) electrons. The molecule has 1 saturated heterocycles. The van der Waals surface area contributed by atoms with Gasteiger partial charge in [0.1, 0.15) is 21.6 Å². The van der Waals surface area contributed by atoms with E-state index in [-0.39, 0.29) is 17.4 Å². The van der Waals surface area contributed by atoms with Crippen LogP contribution in [-0.2, 0) is 0 Å². The quantitative estimate of drug-likeness (QED) is 0.656. The lowest BCUT2D eigenvalue weighted by molar-refractivity contribution is 0.0702. The van der Waals surface area contributed by atoms with E-state index in [1.807, 2.05) is 24.3 Å². The van der Waals surface area contributed by atoms with Gasteiger partial charge in [0.25, 0.3) is 5.91 Å². The third-order valence-electron chi connectivity index (χ3n) is 4.94. The smallest absolute Gasteiger partial charge is 0.256 e. The van der Waals surface area contributed by atoms with E-state index in [1.165, 1.54) is 12.1 Å². The molecule has 1 atom stereocenters. The molecule has 1 amide bonds. The Morgan fingerprint density at radius 3 is 2.71 bits per heavy atom. The van der Waals surface area contributed by atoms with E-state index in [4.69, 9.17) is 4.74 Å². The van der Waals surface area contributed by atoms with E-state index in [2.05, 4.69) is 10.2 Å². The lowest BCUT2D eigenvalue weighted by atomic mass is 9.98. The molecule has 5 nitrogen and oxygen atoms in total. The first-order chi connectivity index (χ1) is 13.7. The van der Waals surface area contributed by atoms with E-state index >= 15 is 0 Å². The summed E-state index contributed by atoms with van der Waals surface area (Å²) in [4.78, 5) is 14.4. The maximum absolute atomic E-state index is 14.0. The van der Waals surface area contributed by atoms with Crippen molar-refractivity contribution in [2.45, 2.75) is 18.8 Å². The number of halogens is 1. The Morgan fingerprint density at radius 2 is 1.96 bits per heavy atom. The average molecular weight is 397 g/mol.